The highest BCUT2D eigenvalue weighted by atomic mass is 32.2. The van der Waals surface area contributed by atoms with Gasteiger partial charge in [-0.25, -0.2) is 4.72 Å². The van der Waals surface area contributed by atoms with Crippen LogP contribution in [0.1, 0.15) is 34.6 Å². The second-order valence-corrected chi connectivity index (χ2v) is 7.03. The van der Waals surface area contributed by atoms with E-state index in [1.165, 1.54) is 0 Å². The normalized spacial score (nSPS) is 14.9. The van der Waals surface area contributed by atoms with Crippen molar-refractivity contribution in [2.75, 3.05) is 6.54 Å². The van der Waals surface area contributed by atoms with Crippen molar-refractivity contribution in [3.63, 3.8) is 0 Å². The largest absolute Gasteiger partial charge is 0.480 e. The minimum atomic E-state index is -3.78. The maximum absolute atomic E-state index is 11.6. The molecule has 17 heavy (non-hydrogen) atoms. The zero-order valence-electron chi connectivity index (χ0n) is 10.9. The Morgan fingerprint density at radius 1 is 1.29 bits per heavy atom. The molecule has 3 N–H and O–H groups in total. The van der Waals surface area contributed by atoms with Crippen molar-refractivity contribution in [2.45, 2.75) is 40.7 Å². The van der Waals surface area contributed by atoms with E-state index in [9.17, 15) is 13.2 Å². The van der Waals surface area contributed by atoms with Crippen LogP contribution in [0.25, 0.3) is 0 Å². The lowest BCUT2D eigenvalue weighted by atomic mass is 9.88. The maximum atomic E-state index is 11.6. The van der Waals surface area contributed by atoms with Gasteiger partial charge in [0.1, 0.15) is 6.04 Å². The van der Waals surface area contributed by atoms with E-state index < -0.39 is 27.6 Å². The van der Waals surface area contributed by atoms with Gasteiger partial charge in [-0.3, -0.25) is 4.79 Å². The Hall–Kier alpha value is -0.660. The number of carbonyl (C=O) groups is 1. The highest BCUT2D eigenvalue weighted by Crippen LogP contribution is 2.19. The van der Waals surface area contributed by atoms with Gasteiger partial charge in [-0.2, -0.15) is 13.1 Å². The molecule has 0 aromatic heterocycles. The Balaban J connectivity index is 4.72. The summed E-state index contributed by atoms with van der Waals surface area (Å²) in [5, 5.41) is 8.99. The molecule has 0 aliphatic rings. The van der Waals surface area contributed by atoms with Crippen LogP contribution >= 0.6 is 0 Å². The predicted molar refractivity (Wildman–Crippen MR) is 65.8 cm³/mol. The summed E-state index contributed by atoms with van der Waals surface area (Å²) in [4.78, 5) is 11.0. The number of carboxylic acid groups (broad SMARTS) is 1. The summed E-state index contributed by atoms with van der Waals surface area (Å²) in [5.74, 6) is -1.03. The van der Waals surface area contributed by atoms with E-state index in [2.05, 4.69) is 9.44 Å². The molecule has 0 bridgehead atoms. The average molecular weight is 266 g/mol. The van der Waals surface area contributed by atoms with Gasteiger partial charge in [0.15, 0.2) is 0 Å². The van der Waals surface area contributed by atoms with Crippen LogP contribution in [0.2, 0.25) is 0 Å². The van der Waals surface area contributed by atoms with Crippen molar-refractivity contribution in [1.29, 1.82) is 0 Å². The summed E-state index contributed by atoms with van der Waals surface area (Å²) in [6.45, 7) is 8.98. The van der Waals surface area contributed by atoms with E-state index in [0.717, 1.165) is 0 Å². The lowest BCUT2D eigenvalue weighted by Crippen LogP contribution is -2.52. The average Bonchev–Trinajstić information content (AvgIpc) is 2.09. The zero-order chi connectivity index (χ0) is 13.9. The van der Waals surface area contributed by atoms with Crippen LogP contribution < -0.4 is 9.44 Å². The lowest BCUT2D eigenvalue weighted by Gasteiger charge is -2.27. The number of nitrogens with one attached hydrogen (secondary N) is 2. The molecule has 0 aromatic carbocycles. The number of aliphatic carboxylic acids is 1. The van der Waals surface area contributed by atoms with Crippen LogP contribution in [0.3, 0.4) is 0 Å². The summed E-state index contributed by atoms with van der Waals surface area (Å²) in [6.07, 6.45) is 0. The summed E-state index contributed by atoms with van der Waals surface area (Å²) in [6, 6.07) is -1.16. The van der Waals surface area contributed by atoms with Crippen LogP contribution in [0.4, 0.5) is 0 Å². The van der Waals surface area contributed by atoms with Gasteiger partial charge >= 0.3 is 5.97 Å². The van der Waals surface area contributed by atoms with E-state index >= 15 is 0 Å². The monoisotopic (exact) mass is 266 g/mol. The molecule has 0 radical (unpaired) electrons. The third-order valence-electron chi connectivity index (χ3n) is 2.07. The minimum Gasteiger partial charge on any atom is -0.480 e. The number of hydrogen-bond donors (Lipinski definition) is 3. The molecule has 0 spiro atoms. The van der Waals surface area contributed by atoms with Gasteiger partial charge in [-0.15, -0.1) is 0 Å². The van der Waals surface area contributed by atoms with Crippen molar-refractivity contribution in [1.82, 2.24) is 9.44 Å². The van der Waals surface area contributed by atoms with Gasteiger partial charge in [-0.05, 0) is 11.3 Å². The van der Waals surface area contributed by atoms with Gasteiger partial charge in [0.2, 0.25) is 0 Å². The molecule has 7 heteroatoms. The number of hydrogen-bond acceptors (Lipinski definition) is 3. The molecule has 0 saturated heterocycles. The van der Waals surface area contributed by atoms with Crippen molar-refractivity contribution in [3.8, 4) is 0 Å². The molecule has 0 heterocycles. The fourth-order valence-corrected chi connectivity index (χ4v) is 2.47. The topological polar surface area (TPSA) is 95.5 Å². The molecule has 1 atom stereocenters. The molecular formula is C10H22N2O4S. The van der Waals surface area contributed by atoms with Gasteiger partial charge < -0.3 is 5.11 Å². The van der Waals surface area contributed by atoms with E-state index in [4.69, 9.17) is 5.11 Å². The Bertz CT molecular complexity index is 357. The first-order valence-corrected chi connectivity index (χ1v) is 6.94. The molecule has 1 unspecified atom stereocenters. The van der Waals surface area contributed by atoms with Crippen LogP contribution in [0.15, 0.2) is 0 Å². The first-order valence-electron chi connectivity index (χ1n) is 5.45. The quantitative estimate of drug-likeness (QED) is 0.655. The third kappa shape index (κ3) is 6.60. The molecular weight excluding hydrogens is 244 g/mol. The smallest absolute Gasteiger partial charge is 0.322 e. The van der Waals surface area contributed by atoms with E-state index in [-0.39, 0.29) is 12.5 Å². The SMILES string of the molecule is CC(C)CNS(=O)(=O)NC(C(=O)O)C(C)(C)C. The fourth-order valence-electron chi connectivity index (χ4n) is 1.07. The Morgan fingerprint density at radius 3 is 2.06 bits per heavy atom. The molecule has 0 rings (SSSR count). The van der Waals surface area contributed by atoms with Gasteiger partial charge in [0.25, 0.3) is 10.2 Å². The molecule has 0 aliphatic carbocycles. The Kier molecular flexibility index (Phi) is 5.57. The second-order valence-electron chi connectivity index (χ2n) is 5.50. The van der Waals surface area contributed by atoms with Gasteiger partial charge in [0.05, 0.1) is 0 Å². The highest BCUT2D eigenvalue weighted by molar-refractivity contribution is 7.87. The number of carboxylic acids is 1. The molecule has 102 valence electrons. The van der Waals surface area contributed by atoms with Crippen molar-refractivity contribution < 1.29 is 18.3 Å². The fraction of sp³-hybridized carbons (Fsp3) is 0.900. The minimum absolute atomic E-state index is 0.157. The molecule has 0 amide bonds. The van der Waals surface area contributed by atoms with Crippen LogP contribution in [-0.4, -0.2) is 32.1 Å². The molecule has 0 fully saturated rings. The van der Waals surface area contributed by atoms with Crippen LogP contribution in [0.5, 0.6) is 0 Å². The Morgan fingerprint density at radius 2 is 1.76 bits per heavy atom. The van der Waals surface area contributed by atoms with Crippen molar-refractivity contribution in [3.05, 3.63) is 0 Å². The second kappa shape index (κ2) is 5.79. The Labute approximate surface area is 103 Å². The van der Waals surface area contributed by atoms with E-state index in [1.807, 2.05) is 13.8 Å². The van der Waals surface area contributed by atoms with Gasteiger partial charge in [0, 0.05) is 6.54 Å². The van der Waals surface area contributed by atoms with E-state index in [0.29, 0.717) is 0 Å². The molecule has 6 nitrogen and oxygen atoms in total. The summed E-state index contributed by atoms with van der Waals surface area (Å²) in [5.41, 5.74) is -0.696. The first kappa shape index (κ1) is 16.3. The first-order chi connectivity index (χ1) is 7.46. The van der Waals surface area contributed by atoms with Crippen LogP contribution in [-0.2, 0) is 15.0 Å². The molecule has 0 aliphatic heterocycles. The van der Waals surface area contributed by atoms with Crippen molar-refractivity contribution >= 4 is 16.2 Å². The van der Waals surface area contributed by atoms with Gasteiger partial charge in [-0.1, -0.05) is 34.6 Å². The standard InChI is InChI=1S/C10H22N2O4S/c1-7(2)6-11-17(15,16)12-8(9(13)14)10(3,4)5/h7-8,11-12H,6H2,1-5H3,(H,13,14). The zero-order valence-corrected chi connectivity index (χ0v) is 11.8. The maximum Gasteiger partial charge on any atom is 0.322 e. The summed E-state index contributed by atoms with van der Waals surface area (Å²) < 4.78 is 27.7. The van der Waals surface area contributed by atoms with Crippen molar-refractivity contribution in [2.24, 2.45) is 11.3 Å². The summed E-state index contributed by atoms with van der Waals surface area (Å²) >= 11 is 0. The third-order valence-corrected chi connectivity index (χ3v) is 3.16. The lowest BCUT2D eigenvalue weighted by molar-refractivity contribution is -0.141. The molecule has 0 saturated carbocycles. The van der Waals surface area contributed by atoms with Crippen LogP contribution in [0, 0.1) is 11.3 Å². The highest BCUT2D eigenvalue weighted by Gasteiger charge is 2.34. The molecule has 0 aromatic rings. The summed E-state index contributed by atoms with van der Waals surface area (Å²) in [7, 11) is -3.78. The van der Waals surface area contributed by atoms with E-state index in [1.54, 1.807) is 20.8 Å². The predicted octanol–water partition coefficient (Wildman–Crippen LogP) is 0.566. The number of rotatable bonds is 6.